The summed E-state index contributed by atoms with van der Waals surface area (Å²) in [6.07, 6.45) is -3.55. The van der Waals surface area contributed by atoms with Crippen molar-refractivity contribution in [2.75, 3.05) is 66.6 Å². The van der Waals surface area contributed by atoms with E-state index in [0.717, 1.165) is 39.3 Å². The van der Waals surface area contributed by atoms with Crippen LogP contribution in [0.4, 0.5) is 13.2 Å². The number of guanidine groups is 1. The normalized spacial score (nSPS) is 15.7. The number of rotatable bonds is 10. The smallest absolute Gasteiger partial charge is 0.379 e. The Hall–Kier alpha value is -0.820. The predicted molar refractivity (Wildman–Crippen MR) is 114 cm³/mol. The van der Waals surface area contributed by atoms with Crippen LogP contribution in [-0.2, 0) is 9.53 Å². The molecule has 0 bridgehead atoms. The first-order chi connectivity index (χ1) is 12.8. The van der Waals surface area contributed by atoms with E-state index in [1.54, 1.807) is 14.1 Å². The second-order valence-corrected chi connectivity index (χ2v) is 6.69. The first-order valence-corrected chi connectivity index (χ1v) is 9.37. The topological polar surface area (TPSA) is 69.2 Å². The Bertz CT molecular complexity index is 459. The maximum Gasteiger partial charge on any atom is 0.389 e. The van der Waals surface area contributed by atoms with Gasteiger partial charge >= 0.3 is 6.18 Å². The van der Waals surface area contributed by atoms with E-state index in [-0.39, 0.29) is 42.8 Å². The zero-order chi connectivity index (χ0) is 20.1. The van der Waals surface area contributed by atoms with Crippen LogP contribution in [0.3, 0.4) is 0 Å². The largest absolute Gasteiger partial charge is 0.389 e. The summed E-state index contributed by atoms with van der Waals surface area (Å²) in [7, 11) is 3.30. The number of alkyl halides is 3. The molecule has 1 fully saturated rings. The quantitative estimate of drug-likeness (QED) is 0.198. The molecule has 0 aliphatic carbocycles. The fourth-order valence-electron chi connectivity index (χ4n) is 2.45. The van der Waals surface area contributed by atoms with Crippen molar-refractivity contribution in [2.45, 2.75) is 31.9 Å². The first kappa shape index (κ1) is 27.2. The lowest BCUT2D eigenvalue weighted by atomic mass is 10.2. The molecule has 1 amide bonds. The lowest BCUT2D eigenvalue weighted by Gasteiger charge is -2.26. The minimum atomic E-state index is -4.12. The van der Waals surface area contributed by atoms with Gasteiger partial charge in [0.15, 0.2) is 5.96 Å². The summed E-state index contributed by atoms with van der Waals surface area (Å²) in [6, 6.07) is 0. The minimum Gasteiger partial charge on any atom is -0.379 e. The number of ether oxygens (including phenoxy) is 1. The van der Waals surface area contributed by atoms with E-state index in [4.69, 9.17) is 4.74 Å². The van der Waals surface area contributed by atoms with Crippen molar-refractivity contribution in [3.05, 3.63) is 0 Å². The number of carbonyl (C=O) groups excluding carboxylic acids is 1. The van der Waals surface area contributed by atoms with Crippen molar-refractivity contribution in [1.82, 2.24) is 20.4 Å². The van der Waals surface area contributed by atoms with Gasteiger partial charge in [0, 0.05) is 46.7 Å². The fourth-order valence-corrected chi connectivity index (χ4v) is 2.45. The molecule has 7 nitrogen and oxygen atoms in total. The van der Waals surface area contributed by atoms with Gasteiger partial charge < -0.3 is 20.3 Å². The number of amides is 1. The number of nitrogens with one attached hydrogen (secondary N) is 2. The molecule has 0 saturated carbocycles. The van der Waals surface area contributed by atoms with Crippen LogP contribution in [0, 0.1) is 0 Å². The Morgan fingerprint density at radius 2 is 1.71 bits per heavy atom. The summed E-state index contributed by atoms with van der Waals surface area (Å²) in [5.74, 6) is 0.320. The molecule has 2 N–H and O–H groups in total. The molecule has 0 aromatic heterocycles. The highest BCUT2D eigenvalue weighted by atomic mass is 127. The average molecular weight is 523 g/mol. The van der Waals surface area contributed by atoms with Crippen molar-refractivity contribution < 1.29 is 22.7 Å². The van der Waals surface area contributed by atoms with E-state index in [1.165, 1.54) is 4.90 Å². The van der Waals surface area contributed by atoms with Gasteiger partial charge in [-0.15, -0.1) is 24.0 Å². The zero-order valence-corrected chi connectivity index (χ0v) is 19.0. The summed E-state index contributed by atoms with van der Waals surface area (Å²) < 4.78 is 41.8. The summed E-state index contributed by atoms with van der Waals surface area (Å²) in [5, 5.41) is 6.15. The summed E-state index contributed by atoms with van der Waals surface area (Å²) >= 11 is 0. The summed E-state index contributed by atoms with van der Waals surface area (Å²) in [5.41, 5.74) is 0. The van der Waals surface area contributed by atoms with Gasteiger partial charge in [0.1, 0.15) is 6.54 Å². The molecule has 28 heavy (non-hydrogen) atoms. The maximum absolute atomic E-state index is 12.2. The van der Waals surface area contributed by atoms with Crippen LogP contribution in [-0.4, -0.2) is 94.4 Å². The van der Waals surface area contributed by atoms with Gasteiger partial charge in [-0.05, 0) is 25.8 Å². The number of hydrogen-bond acceptors (Lipinski definition) is 4. The second-order valence-electron chi connectivity index (χ2n) is 6.69. The number of aliphatic imine (C=N–C) groups is 1. The summed E-state index contributed by atoms with van der Waals surface area (Å²) in [4.78, 5) is 19.7. The molecule has 1 rings (SSSR count). The van der Waals surface area contributed by atoms with Crippen molar-refractivity contribution in [2.24, 2.45) is 4.99 Å². The average Bonchev–Trinajstić information content (AvgIpc) is 2.61. The van der Waals surface area contributed by atoms with Gasteiger partial charge in [0.2, 0.25) is 5.91 Å². The van der Waals surface area contributed by atoms with Gasteiger partial charge in [0.05, 0.1) is 13.2 Å². The molecule has 166 valence electrons. The Morgan fingerprint density at radius 1 is 1.11 bits per heavy atom. The highest BCUT2D eigenvalue weighted by molar-refractivity contribution is 14.0. The van der Waals surface area contributed by atoms with Crippen molar-refractivity contribution in [3.8, 4) is 0 Å². The molecule has 1 heterocycles. The van der Waals surface area contributed by atoms with E-state index >= 15 is 0 Å². The fraction of sp³-hybridized carbons (Fsp3) is 0.882. The van der Waals surface area contributed by atoms with Crippen LogP contribution in [0.2, 0.25) is 0 Å². The van der Waals surface area contributed by atoms with Crippen molar-refractivity contribution >= 4 is 35.8 Å². The molecule has 0 aromatic carbocycles. The number of unbranched alkanes of at least 4 members (excludes halogenated alkanes) is 1. The molecule has 1 aliphatic heterocycles. The number of nitrogens with zero attached hydrogens (tertiary/aromatic N) is 3. The molecule has 1 saturated heterocycles. The van der Waals surface area contributed by atoms with Crippen LogP contribution in [0.15, 0.2) is 4.99 Å². The third-order valence-corrected chi connectivity index (χ3v) is 4.10. The van der Waals surface area contributed by atoms with Gasteiger partial charge in [0.25, 0.3) is 0 Å². The molecule has 0 aromatic rings. The molecular weight excluding hydrogens is 490 g/mol. The van der Waals surface area contributed by atoms with E-state index in [2.05, 4.69) is 20.5 Å². The summed E-state index contributed by atoms with van der Waals surface area (Å²) in [6.45, 7) is 5.34. The Morgan fingerprint density at radius 3 is 2.29 bits per heavy atom. The number of likely N-dealkylation sites (N-methyl/N-ethyl adjacent to an activating group) is 1. The molecule has 0 radical (unpaired) electrons. The van der Waals surface area contributed by atoms with E-state index in [0.29, 0.717) is 25.5 Å². The SMILES string of the molecule is CN(C)C(=O)CN=C(NCCCCC(F)(F)F)NCCCN1CCOCC1.I. The lowest BCUT2D eigenvalue weighted by molar-refractivity contribution is -0.135. The third-order valence-electron chi connectivity index (χ3n) is 4.10. The van der Waals surface area contributed by atoms with Crippen LogP contribution in [0.5, 0.6) is 0 Å². The van der Waals surface area contributed by atoms with Gasteiger partial charge in [-0.2, -0.15) is 13.2 Å². The van der Waals surface area contributed by atoms with E-state index in [9.17, 15) is 18.0 Å². The van der Waals surface area contributed by atoms with Crippen LogP contribution < -0.4 is 10.6 Å². The second kappa shape index (κ2) is 15.1. The molecule has 0 spiro atoms. The Kier molecular flexibility index (Phi) is 14.6. The Balaban J connectivity index is 0.00000729. The zero-order valence-electron chi connectivity index (χ0n) is 16.7. The molecular formula is C17H33F3IN5O2. The number of hydrogen-bond donors (Lipinski definition) is 2. The van der Waals surface area contributed by atoms with Gasteiger partial charge in [-0.1, -0.05) is 0 Å². The lowest BCUT2D eigenvalue weighted by Crippen LogP contribution is -2.41. The van der Waals surface area contributed by atoms with Gasteiger partial charge in [-0.3, -0.25) is 9.69 Å². The standard InChI is InChI=1S/C17H32F3N5O2.HI/c1-24(2)15(26)14-23-16(21-7-4-3-6-17(18,19)20)22-8-5-9-25-10-12-27-13-11-25;/h3-14H2,1-2H3,(H2,21,22,23);1H. The highest BCUT2D eigenvalue weighted by Gasteiger charge is 2.25. The number of carbonyl (C=O) groups is 1. The van der Waals surface area contributed by atoms with Crippen LogP contribution >= 0.6 is 24.0 Å². The number of halogens is 4. The van der Waals surface area contributed by atoms with E-state index in [1.807, 2.05) is 0 Å². The van der Waals surface area contributed by atoms with Crippen LogP contribution in [0.25, 0.3) is 0 Å². The predicted octanol–water partition coefficient (Wildman–Crippen LogP) is 1.68. The monoisotopic (exact) mass is 523 g/mol. The third kappa shape index (κ3) is 14.2. The van der Waals surface area contributed by atoms with Crippen molar-refractivity contribution in [3.63, 3.8) is 0 Å². The molecule has 11 heteroatoms. The molecule has 1 aliphatic rings. The number of morpholine rings is 1. The van der Waals surface area contributed by atoms with Crippen molar-refractivity contribution in [1.29, 1.82) is 0 Å². The van der Waals surface area contributed by atoms with Crippen LogP contribution in [0.1, 0.15) is 25.7 Å². The highest BCUT2D eigenvalue weighted by Crippen LogP contribution is 2.21. The molecule has 0 unspecified atom stereocenters. The Labute approximate surface area is 182 Å². The molecule has 0 atom stereocenters. The first-order valence-electron chi connectivity index (χ1n) is 9.37. The maximum atomic E-state index is 12.2. The minimum absolute atomic E-state index is 0. The van der Waals surface area contributed by atoms with E-state index < -0.39 is 12.6 Å². The van der Waals surface area contributed by atoms with Gasteiger partial charge in [-0.25, -0.2) is 4.99 Å².